The second kappa shape index (κ2) is 10.4. The molecule has 0 bridgehead atoms. The van der Waals surface area contributed by atoms with Crippen LogP contribution in [0.3, 0.4) is 0 Å². The van der Waals surface area contributed by atoms with Crippen LogP contribution in [-0.4, -0.2) is 41.4 Å². The predicted octanol–water partition coefficient (Wildman–Crippen LogP) is 3.40. The van der Waals surface area contributed by atoms with Gasteiger partial charge in [-0.2, -0.15) is 0 Å². The standard InChI is InChI=1S/C25H32N4O2/c30-24-7-4-14-29(24)19-23-6-3-5-22(15-23)17-27-25(31)26-16-20-8-10-21(11-9-20)18-28-12-1-2-13-28/h3,5-6,8-11,15H,1-2,4,7,12-14,16-19H2,(H2,26,27,31). The monoisotopic (exact) mass is 420 g/mol. The first-order chi connectivity index (χ1) is 15.2. The second-order valence-electron chi connectivity index (χ2n) is 8.57. The third-order valence-electron chi connectivity index (χ3n) is 6.07. The van der Waals surface area contributed by atoms with E-state index in [9.17, 15) is 9.59 Å². The number of carbonyl (C=O) groups excluding carboxylic acids is 2. The molecule has 3 amide bonds. The van der Waals surface area contributed by atoms with Crippen molar-refractivity contribution >= 4 is 11.9 Å². The van der Waals surface area contributed by atoms with E-state index in [-0.39, 0.29) is 11.9 Å². The van der Waals surface area contributed by atoms with E-state index in [1.807, 2.05) is 23.1 Å². The fourth-order valence-corrected chi connectivity index (χ4v) is 4.32. The van der Waals surface area contributed by atoms with Gasteiger partial charge in [0.15, 0.2) is 0 Å². The Morgan fingerprint density at radius 2 is 1.45 bits per heavy atom. The van der Waals surface area contributed by atoms with Gasteiger partial charge in [0.25, 0.3) is 0 Å². The van der Waals surface area contributed by atoms with Crippen LogP contribution in [0.5, 0.6) is 0 Å². The maximum absolute atomic E-state index is 12.2. The van der Waals surface area contributed by atoms with Crippen LogP contribution in [0.15, 0.2) is 48.5 Å². The lowest BCUT2D eigenvalue weighted by Gasteiger charge is -2.16. The normalized spacial score (nSPS) is 16.6. The lowest BCUT2D eigenvalue weighted by molar-refractivity contribution is -0.128. The summed E-state index contributed by atoms with van der Waals surface area (Å²) in [6.07, 6.45) is 4.21. The van der Waals surface area contributed by atoms with Crippen LogP contribution >= 0.6 is 0 Å². The summed E-state index contributed by atoms with van der Waals surface area (Å²) in [4.78, 5) is 28.4. The van der Waals surface area contributed by atoms with Crippen molar-refractivity contribution in [2.75, 3.05) is 19.6 Å². The van der Waals surface area contributed by atoms with E-state index in [1.165, 1.54) is 31.5 Å². The van der Waals surface area contributed by atoms with Gasteiger partial charge < -0.3 is 15.5 Å². The number of benzene rings is 2. The maximum atomic E-state index is 12.2. The van der Waals surface area contributed by atoms with Crippen LogP contribution in [-0.2, 0) is 31.0 Å². The molecule has 2 saturated heterocycles. The zero-order chi connectivity index (χ0) is 21.5. The summed E-state index contributed by atoms with van der Waals surface area (Å²) < 4.78 is 0. The number of hydrogen-bond acceptors (Lipinski definition) is 3. The number of rotatable bonds is 8. The molecule has 2 heterocycles. The molecule has 2 fully saturated rings. The largest absolute Gasteiger partial charge is 0.338 e. The summed E-state index contributed by atoms with van der Waals surface area (Å²) in [6.45, 7) is 5.86. The number of amides is 3. The number of nitrogens with zero attached hydrogens (tertiary/aromatic N) is 2. The van der Waals surface area contributed by atoms with Gasteiger partial charge in [0.05, 0.1) is 0 Å². The Bertz CT molecular complexity index is 891. The highest BCUT2D eigenvalue weighted by Gasteiger charge is 2.20. The Hall–Kier alpha value is -2.86. The van der Waals surface area contributed by atoms with Gasteiger partial charge in [-0.15, -0.1) is 0 Å². The van der Waals surface area contributed by atoms with Crippen molar-refractivity contribution in [1.29, 1.82) is 0 Å². The van der Waals surface area contributed by atoms with E-state index < -0.39 is 0 Å². The summed E-state index contributed by atoms with van der Waals surface area (Å²) >= 11 is 0. The number of nitrogens with one attached hydrogen (secondary N) is 2. The van der Waals surface area contributed by atoms with Crippen LogP contribution in [0, 0.1) is 0 Å². The van der Waals surface area contributed by atoms with Crippen LogP contribution in [0.4, 0.5) is 4.79 Å². The van der Waals surface area contributed by atoms with Gasteiger partial charge in [0.1, 0.15) is 0 Å². The number of likely N-dealkylation sites (tertiary alicyclic amines) is 2. The van der Waals surface area contributed by atoms with E-state index in [4.69, 9.17) is 0 Å². The molecule has 0 saturated carbocycles. The summed E-state index contributed by atoms with van der Waals surface area (Å²) in [5.41, 5.74) is 4.55. The minimum atomic E-state index is -0.179. The molecular formula is C25H32N4O2. The molecule has 4 rings (SSSR count). The van der Waals surface area contributed by atoms with Crippen molar-refractivity contribution in [3.05, 3.63) is 70.8 Å². The SMILES string of the molecule is O=C(NCc1ccc(CN2CCCC2)cc1)NCc1cccc(CN2CCCC2=O)c1. The summed E-state index contributed by atoms with van der Waals surface area (Å²) in [6, 6.07) is 16.4. The topological polar surface area (TPSA) is 64.7 Å². The Labute approximate surface area is 184 Å². The van der Waals surface area contributed by atoms with Crippen molar-refractivity contribution < 1.29 is 9.59 Å². The van der Waals surface area contributed by atoms with Gasteiger partial charge in [-0.25, -0.2) is 4.79 Å². The molecule has 6 heteroatoms. The van der Waals surface area contributed by atoms with Crippen molar-refractivity contribution in [3.63, 3.8) is 0 Å². The van der Waals surface area contributed by atoms with E-state index in [0.29, 0.717) is 26.1 Å². The smallest absolute Gasteiger partial charge is 0.315 e. The van der Waals surface area contributed by atoms with Gasteiger partial charge in [-0.3, -0.25) is 9.69 Å². The third-order valence-corrected chi connectivity index (χ3v) is 6.07. The molecular weight excluding hydrogens is 388 g/mol. The first-order valence-corrected chi connectivity index (χ1v) is 11.3. The minimum Gasteiger partial charge on any atom is -0.338 e. The fraction of sp³-hybridized carbons (Fsp3) is 0.440. The average Bonchev–Trinajstić information content (AvgIpc) is 3.44. The molecule has 31 heavy (non-hydrogen) atoms. The molecule has 164 valence electrons. The quantitative estimate of drug-likeness (QED) is 0.688. The lowest BCUT2D eigenvalue weighted by atomic mass is 10.1. The molecule has 0 unspecified atom stereocenters. The Balaban J connectivity index is 1.19. The molecule has 2 aromatic rings. The zero-order valence-corrected chi connectivity index (χ0v) is 18.1. The van der Waals surface area contributed by atoms with E-state index >= 15 is 0 Å². The first-order valence-electron chi connectivity index (χ1n) is 11.3. The van der Waals surface area contributed by atoms with Gasteiger partial charge in [-0.05, 0) is 54.6 Å². The molecule has 0 aliphatic carbocycles. The van der Waals surface area contributed by atoms with Gasteiger partial charge in [0, 0.05) is 39.1 Å². The highest BCUT2D eigenvalue weighted by atomic mass is 16.2. The summed E-state index contributed by atoms with van der Waals surface area (Å²) in [5, 5.41) is 5.85. The fourth-order valence-electron chi connectivity index (χ4n) is 4.32. The zero-order valence-electron chi connectivity index (χ0n) is 18.1. The van der Waals surface area contributed by atoms with E-state index in [2.05, 4.69) is 45.9 Å². The Morgan fingerprint density at radius 1 is 0.774 bits per heavy atom. The second-order valence-corrected chi connectivity index (χ2v) is 8.57. The minimum absolute atomic E-state index is 0.179. The van der Waals surface area contributed by atoms with E-state index in [0.717, 1.165) is 36.2 Å². The summed E-state index contributed by atoms with van der Waals surface area (Å²) in [7, 11) is 0. The molecule has 2 N–H and O–H groups in total. The molecule has 6 nitrogen and oxygen atoms in total. The van der Waals surface area contributed by atoms with Crippen molar-refractivity contribution in [1.82, 2.24) is 20.4 Å². The highest BCUT2D eigenvalue weighted by Crippen LogP contribution is 2.15. The molecule has 0 radical (unpaired) electrons. The third kappa shape index (κ3) is 6.31. The molecule has 2 aliphatic rings. The molecule has 2 aliphatic heterocycles. The Morgan fingerprint density at radius 3 is 2.16 bits per heavy atom. The first kappa shape index (κ1) is 21.4. The highest BCUT2D eigenvalue weighted by molar-refractivity contribution is 5.78. The summed E-state index contributed by atoms with van der Waals surface area (Å²) in [5.74, 6) is 0.229. The molecule has 0 aromatic heterocycles. The number of carbonyl (C=O) groups is 2. The van der Waals surface area contributed by atoms with Crippen LogP contribution < -0.4 is 10.6 Å². The molecule has 0 atom stereocenters. The van der Waals surface area contributed by atoms with Gasteiger partial charge in [0.2, 0.25) is 5.91 Å². The van der Waals surface area contributed by atoms with Gasteiger partial charge in [-0.1, -0.05) is 48.5 Å². The molecule has 0 spiro atoms. The van der Waals surface area contributed by atoms with Crippen molar-refractivity contribution in [2.24, 2.45) is 0 Å². The Kier molecular flexibility index (Phi) is 7.20. The maximum Gasteiger partial charge on any atom is 0.315 e. The lowest BCUT2D eigenvalue weighted by Crippen LogP contribution is -2.34. The van der Waals surface area contributed by atoms with Crippen LogP contribution in [0.25, 0.3) is 0 Å². The van der Waals surface area contributed by atoms with Crippen molar-refractivity contribution in [2.45, 2.75) is 51.9 Å². The predicted molar refractivity (Wildman–Crippen MR) is 121 cm³/mol. The number of urea groups is 1. The van der Waals surface area contributed by atoms with Gasteiger partial charge >= 0.3 is 6.03 Å². The van der Waals surface area contributed by atoms with Crippen LogP contribution in [0.1, 0.15) is 47.9 Å². The average molecular weight is 421 g/mol. The molecule has 2 aromatic carbocycles. The number of hydrogen-bond donors (Lipinski definition) is 2. The van der Waals surface area contributed by atoms with Crippen LogP contribution in [0.2, 0.25) is 0 Å². The van der Waals surface area contributed by atoms with E-state index in [1.54, 1.807) is 0 Å². The van der Waals surface area contributed by atoms with Crippen molar-refractivity contribution in [3.8, 4) is 0 Å².